The number of carbonyl (C=O) groups excluding carboxylic acids is 1. The Balaban J connectivity index is 2.33. The smallest absolute Gasteiger partial charge is 0.261 e. The van der Waals surface area contributed by atoms with Crippen LogP contribution in [-0.2, 0) is 0 Å². The maximum Gasteiger partial charge on any atom is 0.261 e. The van der Waals surface area contributed by atoms with E-state index in [0.717, 1.165) is 6.07 Å². The Morgan fingerprint density at radius 2 is 1.95 bits per heavy atom. The Hall–Kier alpha value is -1.46. The predicted molar refractivity (Wildman–Crippen MR) is 78.2 cm³/mol. The van der Waals surface area contributed by atoms with Gasteiger partial charge >= 0.3 is 0 Å². The molecular formula is C14H9BrClF2NO. The molecule has 1 amide bonds. The Morgan fingerprint density at radius 1 is 1.25 bits per heavy atom. The number of rotatable bonds is 2. The van der Waals surface area contributed by atoms with Crippen molar-refractivity contribution in [3.63, 3.8) is 0 Å². The molecule has 0 saturated carbocycles. The summed E-state index contributed by atoms with van der Waals surface area (Å²) in [4.78, 5) is 12.0. The van der Waals surface area contributed by atoms with Gasteiger partial charge in [-0.15, -0.1) is 0 Å². The molecule has 2 aromatic carbocycles. The van der Waals surface area contributed by atoms with Gasteiger partial charge in [0.1, 0.15) is 17.2 Å². The molecule has 1 N–H and O–H groups in total. The first-order chi connectivity index (χ1) is 9.40. The van der Waals surface area contributed by atoms with Crippen molar-refractivity contribution in [3.8, 4) is 0 Å². The second-order valence-corrected chi connectivity index (χ2v) is 5.40. The van der Waals surface area contributed by atoms with Crippen molar-refractivity contribution in [1.82, 2.24) is 0 Å². The van der Waals surface area contributed by atoms with Crippen LogP contribution in [0.3, 0.4) is 0 Å². The summed E-state index contributed by atoms with van der Waals surface area (Å²) in [5.41, 5.74) is -0.0171. The second-order valence-electron chi connectivity index (χ2n) is 4.14. The van der Waals surface area contributed by atoms with Crippen LogP contribution >= 0.6 is 27.5 Å². The summed E-state index contributed by atoms with van der Waals surface area (Å²) >= 11 is 9.03. The average molecular weight is 361 g/mol. The fourth-order valence-electron chi connectivity index (χ4n) is 1.63. The fourth-order valence-corrected chi connectivity index (χ4v) is 2.13. The topological polar surface area (TPSA) is 29.1 Å². The third kappa shape index (κ3) is 2.99. The zero-order valence-electron chi connectivity index (χ0n) is 10.3. The van der Waals surface area contributed by atoms with Crippen LogP contribution in [0.1, 0.15) is 15.9 Å². The van der Waals surface area contributed by atoms with Crippen LogP contribution in [0.4, 0.5) is 14.5 Å². The van der Waals surface area contributed by atoms with E-state index in [-0.39, 0.29) is 5.56 Å². The van der Waals surface area contributed by atoms with Gasteiger partial charge in [-0.25, -0.2) is 8.78 Å². The van der Waals surface area contributed by atoms with Gasteiger partial charge in [-0.05, 0) is 52.7 Å². The maximum atomic E-state index is 13.8. The van der Waals surface area contributed by atoms with E-state index < -0.39 is 23.1 Å². The van der Waals surface area contributed by atoms with Crippen LogP contribution in [0, 0.1) is 18.6 Å². The molecule has 0 spiro atoms. The molecule has 0 aliphatic rings. The lowest BCUT2D eigenvalue weighted by atomic mass is 10.1. The molecule has 0 bridgehead atoms. The average Bonchev–Trinajstić information content (AvgIpc) is 2.39. The van der Waals surface area contributed by atoms with Crippen LogP contribution in [0.25, 0.3) is 0 Å². The fraction of sp³-hybridized carbons (Fsp3) is 0.0714. The van der Waals surface area contributed by atoms with Crippen molar-refractivity contribution in [2.75, 3.05) is 5.32 Å². The summed E-state index contributed by atoms with van der Waals surface area (Å²) in [5.74, 6) is -2.62. The molecule has 0 heterocycles. The van der Waals surface area contributed by atoms with Gasteiger partial charge in [-0.3, -0.25) is 4.79 Å². The molecule has 0 aromatic heterocycles. The third-order valence-electron chi connectivity index (χ3n) is 2.69. The first kappa shape index (κ1) is 14.9. The van der Waals surface area contributed by atoms with E-state index in [9.17, 15) is 13.6 Å². The van der Waals surface area contributed by atoms with Crippen molar-refractivity contribution >= 4 is 39.1 Å². The van der Waals surface area contributed by atoms with Crippen LogP contribution in [0.15, 0.2) is 34.8 Å². The molecule has 0 unspecified atom stereocenters. The molecule has 0 saturated heterocycles. The minimum atomic E-state index is -0.904. The van der Waals surface area contributed by atoms with Gasteiger partial charge in [-0.1, -0.05) is 17.7 Å². The molecule has 20 heavy (non-hydrogen) atoms. The number of hydrogen-bond donors (Lipinski definition) is 1. The Bertz CT molecular complexity index is 691. The van der Waals surface area contributed by atoms with Gasteiger partial charge in [0.15, 0.2) is 0 Å². The zero-order chi connectivity index (χ0) is 14.9. The molecule has 6 heteroatoms. The summed E-state index contributed by atoms with van der Waals surface area (Å²) in [6, 6.07) is 6.98. The Labute approximate surface area is 127 Å². The second kappa shape index (κ2) is 5.89. The third-order valence-corrected chi connectivity index (χ3v) is 3.90. The number of benzene rings is 2. The van der Waals surface area contributed by atoms with Gasteiger partial charge in [0.25, 0.3) is 5.91 Å². The molecule has 0 atom stereocenters. The number of anilines is 1. The van der Waals surface area contributed by atoms with Gasteiger partial charge < -0.3 is 5.32 Å². The summed E-state index contributed by atoms with van der Waals surface area (Å²) in [6.07, 6.45) is 0. The van der Waals surface area contributed by atoms with E-state index in [2.05, 4.69) is 21.2 Å². The number of carbonyl (C=O) groups is 1. The zero-order valence-corrected chi connectivity index (χ0v) is 12.6. The van der Waals surface area contributed by atoms with Crippen LogP contribution in [-0.4, -0.2) is 5.91 Å². The van der Waals surface area contributed by atoms with E-state index in [0.29, 0.717) is 15.2 Å². The minimum absolute atomic E-state index is 0.203. The van der Waals surface area contributed by atoms with E-state index in [1.54, 1.807) is 12.1 Å². The Morgan fingerprint density at radius 3 is 2.60 bits per heavy atom. The highest BCUT2D eigenvalue weighted by Crippen LogP contribution is 2.26. The molecule has 2 rings (SSSR count). The molecule has 104 valence electrons. The standard InChI is InChI=1S/C14H9BrClF2NO/c1-7-2-5-11(17)12(13(7)18)14(20)19-8-3-4-10(16)9(15)6-8/h2-6H,1H3,(H,19,20). The number of halogens is 4. The normalized spacial score (nSPS) is 10.4. The summed E-state index contributed by atoms with van der Waals surface area (Å²) in [5, 5.41) is 2.90. The summed E-state index contributed by atoms with van der Waals surface area (Å²) in [6.45, 7) is 1.46. The highest BCUT2D eigenvalue weighted by atomic mass is 79.9. The largest absolute Gasteiger partial charge is 0.322 e. The van der Waals surface area contributed by atoms with Gasteiger partial charge in [-0.2, -0.15) is 0 Å². The molecule has 2 aromatic rings. The predicted octanol–water partition coefficient (Wildman–Crippen LogP) is 4.94. The van der Waals surface area contributed by atoms with Crippen molar-refractivity contribution in [3.05, 3.63) is 62.6 Å². The van der Waals surface area contributed by atoms with Gasteiger partial charge in [0.2, 0.25) is 0 Å². The van der Waals surface area contributed by atoms with Crippen molar-refractivity contribution in [2.45, 2.75) is 6.92 Å². The van der Waals surface area contributed by atoms with E-state index in [1.807, 2.05) is 0 Å². The number of nitrogens with one attached hydrogen (secondary N) is 1. The van der Waals surface area contributed by atoms with Crippen LogP contribution in [0.5, 0.6) is 0 Å². The quantitative estimate of drug-likeness (QED) is 0.807. The van der Waals surface area contributed by atoms with Gasteiger partial charge in [0, 0.05) is 10.2 Å². The minimum Gasteiger partial charge on any atom is -0.322 e. The van der Waals surface area contributed by atoms with Crippen LogP contribution in [0.2, 0.25) is 5.02 Å². The molecule has 0 aliphatic heterocycles. The van der Waals surface area contributed by atoms with E-state index in [1.165, 1.54) is 19.1 Å². The number of amides is 1. The lowest BCUT2D eigenvalue weighted by molar-refractivity contribution is 0.101. The summed E-state index contributed by atoms with van der Waals surface area (Å²) < 4.78 is 28.0. The van der Waals surface area contributed by atoms with Crippen molar-refractivity contribution in [1.29, 1.82) is 0 Å². The Kier molecular flexibility index (Phi) is 4.40. The lowest BCUT2D eigenvalue weighted by Crippen LogP contribution is -2.16. The van der Waals surface area contributed by atoms with Crippen molar-refractivity contribution in [2.24, 2.45) is 0 Å². The SMILES string of the molecule is Cc1ccc(F)c(C(=O)Nc2ccc(Cl)c(Br)c2)c1F. The van der Waals surface area contributed by atoms with Gasteiger partial charge in [0.05, 0.1) is 5.02 Å². The van der Waals surface area contributed by atoms with E-state index >= 15 is 0 Å². The molecule has 2 nitrogen and oxygen atoms in total. The number of aryl methyl sites for hydroxylation is 1. The lowest BCUT2D eigenvalue weighted by Gasteiger charge is -2.09. The van der Waals surface area contributed by atoms with Crippen LogP contribution < -0.4 is 5.32 Å². The first-order valence-electron chi connectivity index (χ1n) is 5.61. The molecule has 0 fully saturated rings. The highest BCUT2D eigenvalue weighted by molar-refractivity contribution is 9.10. The van der Waals surface area contributed by atoms with E-state index in [4.69, 9.17) is 11.6 Å². The maximum absolute atomic E-state index is 13.8. The molecule has 0 radical (unpaired) electrons. The highest BCUT2D eigenvalue weighted by Gasteiger charge is 2.19. The molecule has 0 aliphatic carbocycles. The number of hydrogen-bond acceptors (Lipinski definition) is 1. The summed E-state index contributed by atoms with van der Waals surface area (Å²) in [7, 11) is 0. The molecular weight excluding hydrogens is 352 g/mol. The van der Waals surface area contributed by atoms with Crippen molar-refractivity contribution < 1.29 is 13.6 Å². The monoisotopic (exact) mass is 359 g/mol. The first-order valence-corrected chi connectivity index (χ1v) is 6.78.